The van der Waals surface area contributed by atoms with Gasteiger partial charge >= 0.3 is 5.97 Å². The van der Waals surface area contributed by atoms with E-state index < -0.39 is 156 Å². The lowest BCUT2D eigenvalue weighted by molar-refractivity contribution is -0.142. The van der Waals surface area contributed by atoms with Crippen LogP contribution in [0.5, 0.6) is 0 Å². The summed E-state index contributed by atoms with van der Waals surface area (Å²) in [5, 5.41) is 81.4. The second-order valence-corrected chi connectivity index (χ2v) is 36.0. The van der Waals surface area contributed by atoms with Crippen molar-refractivity contribution in [2.45, 2.75) is 210 Å². The van der Waals surface area contributed by atoms with E-state index in [1.807, 2.05) is 48.5 Å². The molecule has 0 saturated heterocycles. The second kappa shape index (κ2) is 58.0. The fourth-order valence-electron chi connectivity index (χ4n) is 16.3. The molecule has 0 aliphatic rings. The summed E-state index contributed by atoms with van der Waals surface area (Å²) in [7, 11) is 0. The molecule has 0 aliphatic heterocycles. The Kier molecular flexibility index (Phi) is 45.8. The highest BCUT2D eigenvalue weighted by Gasteiger charge is 2.39. The molecule has 8 rings (SSSR count). The van der Waals surface area contributed by atoms with Crippen molar-refractivity contribution in [1.29, 1.82) is 21.6 Å². The highest BCUT2D eigenvalue weighted by molar-refractivity contribution is 6.01. The molecule has 12 amide bonds. The Morgan fingerprint density at radius 1 is 0.338 bits per heavy atom. The summed E-state index contributed by atoms with van der Waals surface area (Å²) in [4.78, 5) is 207. The summed E-state index contributed by atoms with van der Waals surface area (Å²) in [6.07, 6.45) is 5.57. The summed E-state index contributed by atoms with van der Waals surface area (Å²) < 4.78 is 0. The number of H-pyrrole nitrogens is 3. The number of benzene rings is 5. The van der Waals surface area contributed by atoms with Crippen LogP contribution in [0.25, 0.3) is 32.7 Å². The molecule has 11 atom stereocenters. The summed E-state index contributed by atoms with van der Waals surface area (Å²) in [6, 6.07) is 23.4. The molecular formula is C98H142N30O14. The van der Waals surface area contributed by atoms with Crippen LogP contribution in [-0.4, -0.2) is 262 Å². The van der Waals surface area contributed by atoms with E-state index in [9.17, 15) is 29.1 Å². The van der Waals surface area contributed by atoms with Crippen LogP contribution in [0, 0.1) is 33.5 Å². The predicted molar refractivity (Wildman–Crippen MR) is 542 cm³/mol. The molecule has 768 valence electrons. The van der Waals surface area contributed by atoms with E-state index in [1.54, 1.807) is 131 Å². The van der Waals surface area contributed by atoms with Gasteiger partial charge in [-0.05, 0) is 154 Å². The number of aliphatic carboxylic acids is 1. The van der Waals surface area contributed by atoms with Crippen LogP contribution in [0.4, 0.5) is 0 Å². The molecule has 0 aliphatic carbocycles. The summed E-state index contributed by atoms with van der Waals surface area (Å²) in [6.45, 7) is 6.10. The third-order valence-corrected chi connectivity index (χ3v) is 23.9. The number of unbranched alkanes of at least 4 members (excludes halogenated alkanes) is 2. The van der Waals surface area contributed by atoms with Gasteiger partial charge in [-0.3, -0.25) is 79.2 Å². The van der Waals surface area contributed by atoms with E-state index in [2.05, 4.69) is 89.4 Å². The first kappa shape index (κ1) is 112. The van der Waals surface area contributed by atoms with Crippen molar-refractivity contribution in [1.82, 2.24) is 99.2 Å². The van der Waals surface area contributed by atoms with Crippen LogP contribution in [0.2, 0.25) is 0 Å². The van der Waals surface area contributed by atoms with Gasteiger partial charge in [0, 0.05) is 123 Å². The SMILES string of the molecule is CC(C)C[C@H](NC(=O)[C@H](Cc1ccccc1)NC(=O)CN(CCCCN)C(=O)[C@H](Cc1c[nH]c2ccccc12)NC(=O)[C@H](Cc1c[nH]c2ccccc12)NC(=O)[C@H](Cc1c[nH]c2ccccc12)NC(=O)CN(CCCCN)C(=O)[C@H](Cc1ccccc1)NC(=O)[C@H](CCCNC(=N)N)NC(=O)[C@H](CCCNC(=N)N)NC(=O)[C@@H](N)C(C)C)C(=O)N[C@@H](CCCNC(=N)N)C(=O)N[C@@H](CCCNC(=N)N)C(=O)O. The van der Waals surface area contributed by atoms with Crippen molar-refractivity contribution in [2.24, 2.45) is 52.0 Å². The number of para-hydroxylation sites is 3. The van der Waals surface area contributed by atoms with Crippen LogP contribution < -0.4 is 115 Å². The van der Waals surface area contributed by atoms with E-state index in [-0.39, 0.29) is 191 Å². The Bertz CT molecular complexity index is 5560. The zero-order valence-corrected chi connectivity index (χ0v) is 80.9. The molecule has 0 spiro atoms. The van der Waals surface area contributed by atoms with Crippen LogP contribution in [0.15, 0.2) is 152 Å². The van der Waals surface area contributed by atoms with Gasteiger partial charge < -0.3 is 144 Å². The number of hydrogen-bond donors (Lipinski definition) is 29. The van der Waals surface area contributed by atoms with Crippen LogP contribution in [0.3, 0.4) is 0 Å². The Labute approximate surface area is 824 Å². The van der Waals surface area contributed by atoms with Gasteiger partial charge in [-0.15, -0.1) is 0 Å². The lowest BCUT2D eigenvalue weighted by Crippen LogP contribution is -2.60. The van der Waals surface area contributed by atoms with Gasteiger partial charge in [0.1, 0.15) is 60.4 Å². The Hall–Kier alpha value is -15.2. The van der Waals surface area contributed by atoms with Crippen molar-refractivity contribution in [3.05, 3.63) is 180 Å². The number of nitrogens with one attached hydrogen (secondary N) is 21. The lowest BCUT2D eigenvalue weighted by atomic mass is 10.00. The molecule has 0 fully saturated rings. The molecule has 44 heteroatoms. The van der Waals surface area contributed by atoms with E-state index in [4.69, 9.17) is 61.8 Å². The second-order valence-electron chi connectivity index (χ2n) is 36.0. The third-order valence-electron chi connectivity index (χ3n) is 23.9. The van der Waals surface area contributed by atoms with E-state index in [1.165, 1.54) is 9.80 Å². The van der Waals surface area contributed by atoms with Crippen molar-refractivity contribution < 1.29 is 67.4 Å². The number of nitrogens with two attached hydrogens (primary N) is 7. The van der Waals surface area contributed by atoms with Gasteiger partial charge in [0.05, 0.1) is 19.1 Å². The Morgan fingerprint density at radius 3 is 0.972 bits per heavy atom. The Balaban J connectivity index is 1.13. The monoisotopic (exact) mass is 1960 g/mol. The standard InChI is InChI=1S/C98H142N30O14/c1-58(2)47-75(87(134)120-71(35-21-41-110-95(102)103)85(132)122-74(94(141)142)38-24-44-113-98(108)109)123-88(135)76(48-60-25-7-5-8-26-60)117-81(129)56-128(46-20-18-40-100)93(140)80(52-64-55-116-70-34-16-13-31-67(64)70)126-90(137)78(51-63-54-115-69-33-15-12-30-66(63)69)124-89(136)77(50-62-53-114-68-32-14-11-29-65(62)68)118-82(130)57-127(45-19-17-39-99)92(139)79(49-61-27-9-6-10-28-61)125-86(133)72(36-22-42-111-96(104)105)119-84(131)73(37-23-43-112-97(106)107)121-91(138)83(101)59(3)4/h5-16,25-34,53-55,58-59,71-80,83,114-116H,17-24,35-52,56-57,99-101H2,1-4H3,(H,117,129)(H,118,130)(H,119,131)(H,120,134)(H,121,138)(H,122,132)(H,123,135)(H,124,136)(H,125,133)(H,126,137)(H,141,142)(H4,102,103,110)(H4,104,105,111)(H4,106,107,112)(H4,108,109,113)/t71-,72-,73-,74-,75-,76-,77-,78-,79-,80-,83-/m0/s1. The summed E-state index contributed by atoms with van der Waals surface area (Å²) in [5.74, 6) is -13.3. The molecule has 44 nitrogen and oxygen atoms in total. The molecule has 0 saturated carbocycles. The fourth-order valence-corrected chi connectivity index (χ4v) is 16.3. The molecule has 8 aromatic rings. The Morgan fingerprint density at radius 2 is 0.620 bits per heavy atom. The molecule has 0 radical (unpaired) electrons. The van der Waals surface area contributed by atoms with Gasteiger partial charge in [0.25, 0.3) is 0 Å². The average Bonchev–Trinajstić information content (AvgIpc) is 1.65. The number of fused-ring (bicyclic) bond motifs is 3. The van der Waals surface area contributed by atoms with Crippen molar-refractivity contribution >= 4 is 133 Å². The van der Waals surface area contributed by atoms with E-state index in [0.717, 1.165) is 0 Å². The quantitative estimate of drug-likeness (QED) is 0.0133. The summed E-state index contributed by atoms with van der Waals surface area (Å²) >= 11 is 0. The lowest BCUT2D eigenvalue weighted by Gasteiger charge is -2.31. The fraction of sp³-hybridized carbons (Fsp3) is 0.459. The zero-order chi connectivity index (χ0) is 103. The predicted octanol–water partition coefficient (Wildman–Crippen LogP) is -0.206. The maximum absolute atomic E-state index is 16.2. The number of nitrogens with zero attached hydrogens (tertiary/aromatic N) is 2. The number of rotatable bonds is 62. The van der Waals surface area contributed by atoms with Crippen LogP contribution in [0.1, 0.15) is 139 Å². The molecule has 3 aromatic heterocycles. The minimum absolute atomic E-state index is 0.00198. The molecule has 5 aromatic carbocycles. The smallest absolute Gasteiger partial charge is 0.326 e. The normalized spacial score (nSPS) is 13.6. The van der Waals surface area contributed by atoms with Gasteiger partial charge in [-0.25, -0.2) is 4.79 Å². The minimum Gasteiger partial charge on any atom is -0.480 e. The number of carboxylic acid groups (broad SMARTS) is 1. The average molecular weight is 1960 g/mol. The number of hydrogen-bond acceptors (Lipinski definition) is 20. The van der Waals surface area contributed by atoms with Crippen molar-refractivity contribution in [2.75, 3.05) is 65.4 Å². The third kappa shape index (κ3) is 37.2. The number of carbonyl (C=O) groups is 13. The largest absolute Gasteiger partial charge is 0.480 e. The molecule has 0 unspecified atom stereocenters. The molecule has 142 heavy (non-hydrogen) atoms. The number of amides is 12. The number of aromatic nitrogens is 3. The first-order valence-corrected chi connectivity index (χ1v) is 48.0. The van der Waals surface area contributed by atoms with Crippen LogP contribution in [-0.2, 0) is 94.4 Å². The maximum atomic E-state index is 16.2. The number of carbonyl (C=O) groups excluding carboxylic acids is 12. The van der Waals surface area contributed by atoms with Gasteiger partial charge in [-0.1, -0.05) is 143 Å². The number of guanidine groups is 4. The minimum atomic E-state index is -1.60. The zero-order valence-electron chi connectivity index (χ0n) is 80.9. The van der Waals surface area contributed by atoms with Gasteiger partial charge in [0.2, 0.25) is 70.9 Å². The van der Waals surface area contributed by atoms with E-state index >= 15 is 38.4 Å². The molecule has 36 N–H and O–H groups in total. The molecule has 3 heterocycles. The number of aromatic amines is 3. The maximum Gasteiger partial charge on any atom is 0.326 e. The van der Waals surface area contributed by atoms with Gasteiger partial charge in [-0.2, -0.15) is 0 Å². The summed E-state index contributed by atoms with van der Waals surface area (Å²) in [5.41, 5.74) is 45.4. The first-order valence-electron chi connectivity index (χ1n) is 48.0. The molecule has 0 bridgehead atoms. The van der Waals surface area contributed by atoms with Crippen LogP contribution >= 0.6 is 0 Å². The van der Waals surface area contributed by atoms with E-state index in [0.29, 0.717) is 73.4 Å². The van der Waals surface area contributed by atoms with Crippen molar-refractivity contribution in [3.63, 3.8) is 0 Å². The number of carboxylic acids is 1. The highest BCUT2D eigenvalue weighted by Crippen LogP contribution is 2.25. The first-order chi connectivity index (χ1) is 68.0. The van der Waals surface area contributed by atoms with Gasteiger partial charge in [0.15, 0.2) is 23.8 Å². The van der Waals surface area contributed by atoms with Crippen molar-refractivity contribution in [3.8, 4) is 0 Å². The highest BCUT2D eigenvalue weighted by atomic mass is 16.4. The topological polar surface area (TPSA) is 742 Å². The molecular weight excluding hydrogens is 1820 g/mol.